The van der Waals surface area contributed by atoms with E-state index in [1.54, 1.807) is 12.2 Å². The Kier molecular flexibility index (Phi) is 9.48. The molecule has 0 aromatic rings. The Morgan fingerprint density at radius 3 is 1.67 bits per heavy atom. The van der Waals surface area contributed by atoms with Crippen molar-refractivity contribution < 1.29 is 14.2 Å². The van der Waals surface area contributed by atoms with Crippen LogP contribution in [0.15, 0.2) is 25.3 Å². The molecule has 0 saturated carbocycles. The molecule has 15 heavy (non-hydrogen) atoms. The van der Waals surface area contributed by atoms with Crippen LogP contribution in [0.4, 0.5) is 0 Å². The van der Waals surface area contributed by atoms with E-state index < -0.39 is 0 Å². The Balaban J connectivity index is 3.43. The molecule has 3 heteroatoms. The molecule has 2 atom stereocenters. The lowest BCUT2D eigenvalue weighted by atomic mass is 10.4. The van der Waals surface area contributed by atoms with E-state index in [0.29, 0.717) is 26.4 Å². The largest absolute Gasteiger partial charge is 0.375 e. The molecule has 0 fully saturated rings. The summed E-state index contributed by atoms with van der Waals surface area (Å²) in [5.74, 6) is 0. The maximum atomic E-state index is 5.62. The molecule has 0 aliphatic rings. The Labute approximate surface area is 92.7 Å². The first-order chi connectivity index (χ1) is 7.20. The zero-order valence-corrected chi connectivity index (χ0v) is 9.78. The molecule has 0 N–H and O–H groups in total. The Morgan fingerprint density at radius 1 is 0.933 bits per heavy atom. The highest BCUT2D eigenvalue weighted by atomic mass is 16.6. The number of hydrogen-bond donors (Lipinski definition) is 0. The molecule has 88 valence electrons. The van der Waals surface area contributed by atoms with Crippen LogP contribution >= 0.6 is 0 Å². The molecule has 0 heterocycles. The summed E-state index contributed by atoms with van der Waals surface area (Å²) < 4.78 is 16.2. The summed E-state index contributed by atoms with van der Waals surface area (Å²) >= 11 is 0. The van der Waals surface area contributed by atoms with Gasteiger partial charge in [0.2, 0.25) is 0 Å². The Bertz CT molecular complexity index is 150. The van der Waals surface area contributed by atoms with Crippen LogP contribution < -0.4 is 0 Å². The molecule has 0 radical (unpaired) electrons. The molecular weight excluding hydrogens is 192 g/mol. The van der Waals surface area contributed by atoms with Crippen LogP contribution in [0.1, 0.15) is 13.8 Å². The van der Waals surface area contributed by atoms with Gasteiger partial charge in [-0.3, -0.25) is 0 Å². The molecule has 0 aromatic carbocycles. The predicted molar refractivity (Wildman–Crippen MR) is 62.0 cm³/mol. The van der Waals surface area contributed by atoms with Crippen LogP contribution in [0.3, 0.4) is 0 Å². The second kappa shape index (κ2) is 9.90. The fraction of sp³-hybridized carbons (Fsp3) is 0.667. The van der Waals surface area contributed by atoms with E-state index in [0.717, 1.165) is 0 Å². The minimum absolute atomic E-state index is 0.0762. The SMILES string of the molecule is C=CCOCC(C)OC(C)COCC=C. The van der Waals surface area contributed by atoms with Gasteiger partial charge in [0.15, 0.2) is 0 Å². The molecule has 3 nitrogen and oxygen atoms in total. The van der Waals surface area contributed by atoms with Crippen molar-refractivity contribution in [2.24, 2.45) is 0 Å². The molecular formula is C12H22O3. The smallest absolute Gasteiger partial charge is 0.0785 e. The van der Waals surface area contributed by atoms with Crippen molar-refractivity contribution >= 4 is 0 Å². The van der Waals surface area contributed by atoms with E-state index >= 15 is 0 Å². The van der Waals surface area contributed by atoms with Crippen molar-refractivity contribution in [2.45, 2.75) is 26.1 Å². The second-order valence-electron chi connectivity index (χ2n) is 3.41. The molecule has 0 amide bonds. The zero-order chi connectivity index (χ0) is 11.5. The van der Waals surface area contributed by atoms with Crippen molar-refractivity contribution in [2.75, 3.05) is 26.4 Å². The summed E-state index contributed by atoms with van der Waals surface area (Å²) in [5, 5.41) is 0. The number of hydrogen-bond acceptors (Lipinski definition) is 3. The minimum Gasteiger partial charge on any atom is -0.375 e. The van der Waals surface area contributed by atoms with Crippen LogP contribution in [0.2, 0.25) is 0 Å². The highest BCUT2D eigenvalue weighted by molar-refractivity contribution is 4.65. The van der Waals surface area contributed by atoms with Gasteiger partial charge in [-0.1, -0.05) is 12.2 Å². The van der Waals surface area contributed by atoms with Gasteiger partial charge < -0.3 is 14.2 Å². The lowest BCUT2D eigenvalue weighted by Crippen LogP contribution is -2.25. The average Bonchev–Trinajstić information content (AvgIpc) is 2.18. The summed E-state index contributed by atoms with van der Waals surface area (Å²) in [6, 6.07) is 0. The van der Waals surface area contributed by atoms with Crippen molar-refractivity contribution in [3.05, 3.63) is 25.3 Å². The summed E-state index contributed by atoms with van der Waals surface area (Å²) in [4.78, 5) is 0. The number of rotatable bonds is 10. The summed E-state index contributed by atoms with van der Waals surface area (Å²) in [6.45, 7) is 13.4. The third-order valence-electron chi connectivity index (χ3n) is 1.64. The molecule has 0 aliphatic carbocycles. The maximum absolute atomic E-state index is 5.62. The molecule has 0 aliphatic heterocycles. The third kappa shape index (κ3) is 9.66. The van der Waals surface area contributed by atoms with E-state index in [1.807, 2.05) is 13.8 Å². The molecule has 2 unspecified atom stereocenters. The summed E-state index contributed by atoms with van der Waals surface area (Å²) in [5.41, 5.74) is 0. The topological polar surface area (TPSA) is 27.7 Å². The molecule has 0 aromatic heterocycles. The minimum atomic E-state index is 0.0762. The fourth-order valence-electron chi connectivity index (χ4n) is 1.11. The van der Waals surface area contributed by atoms with Gasteiger partial charge >= 0.3 is 0 Å². The van der Waals surface area contributed by atoms with Crippen molar-refractivity contribution in [3.8, 4) is 0 Å². The summed E-state index contributed by atoms with van der Waals surface area (Å²) in [6.07, 6.45) is 3.60. The van der Waals surface area contributed by atoms with Gasteiger partial charge in [0.25, 0.3) is 0 Å². The second-order valence-corrected chi connectivity index (χ2v) is 3.41. The van der Waals surface area contributed by atoms with E-state index in [9.17, 15) is 0 Å². The van der Waals surface area contributed by atoms with Gasteiger partial charge in [0, 0.05) is 0 Å². The Morgan fingerprint density at radius 2 is 1.33 bits per heavy atom. The number of ether oxygens (including phenoxy) is 3. The Hall–Kier alpha value is -0.640. The van der Waals surface area contributed by atoms with Crippen molar-refractivity contribution in [3.63, 3.8) is 0 Å². The summed E-state index contributed by atoms with van der Waals surface area (Å²) in [7, 11) is 0. The monoisotopic (exact) mass is 214 g/mol. The standard InChI is InChI=1S/C12H22O3/c1-5-7-13-9-11(3)15-12(4)10-14-8-6-2/h5-6,11-12H,1-2,7-10H2,3-4H3. The van der Waals surface area contributed by atoms with Gasteiger partial charge in [-0.15, -0.1) is 13.2 Å². The highest BCUT2D eigenvalue weighted by Crippen LogP contribution is 1.99. The lowest BCUT2D eigenvalue weighted by Gasteiger charge is -2.18. The van der Waals surface area contributed by atoms with Gasteiger partial charge in [-0.05, 0) is 13.8 Å². The zero-order valence-electron chi connectivity index (χ0n) is 9.78. The normalized spacial score (nSPS) is 14.5. The van der Waals surface area contributed by atoms with Gasteiger partial charge in [-0.2, -0.15) is 0 Å². The highest BCUT2D eigenvalue weighted by Gasteiger charge is 2.08. The first kappa shape index (κ1) is 14.4. The van der Waals surface area contributed by atoms with Crippen LogP contribution in [0.5, 0.6) is 0 Å². The first-order valence-electron chi connectivity index (χ1n) is 5.23. The predicted octanol–water partition coefficient (Wildman–Crippen LogP) is 2.19. The van der Waals surface area contributed by atoms with Gasteiger partial charge in [0.1, 0.15) is 0 Å². The first-order valence-corrected chi connectivity index (χ1v) is 5.23. The van der Waals surface area contributed by atoms with Crippen molar-refractivity contribution in [1.82, 2.24) is 0 Å². The quantitative estimate of drug-likeness (QED) is 0.412. The molecule has 0 rings (SSSR count). The molecule has 0 spiro atoms. The van der Waals surface area contributed by atoms with Crippen molar-refractivity contribution in [1.29, 1.82) is 0 Å². The maximum Gasteiger partial charge on any atom is 0.0785 e. The van der Waals surface area contributed by atoms with Crippen LogP contribution in [-0.4, -0.2) is 38.6 Å². The average molecular weight is 214 g/mol. The van der Waals surface area contributed by atoms with Gasteiger partial charge in [0.05, 0.1) is 38.6 Å². The third-order valence-corrected chi connectivity index (χ3v) is 1.64. The molecule has 0 saturated heterocycles. The van der Waals surface area contributed by atoms with E-state index in [-0.39, 0.29) is 12.2 Å². The van der Waals surface area contributed by atoms with Crippen LogP contribution in [-0.2, 0) is 14.2 Å². The lowest BCUT2D eigenvalue weighted by molar-refractivity contribution is -0.0648. The van der Waals surface area contributed by atoms with E-state index in [2.05, 4.69) is 13.2 Å². The van der Waals surface area contributed by atoms with E-state index in [4.69, 9.17) is 14.2 Å². The van der Waals surface area contributed by atoms with E-state index in [1.165, 1.54) is 0 Å². The molecule has 0 bridgehead atoms. The fourth-order valence-corrected chi connectivity index (χ4v) is 1.11. The van der Waals surface area contributed by atoms with Crippen LogP contribution in [0, 0.1) is 0 Å². The van der Waals surface area contributed by atoms with Crippen LogP contribution in [0.25, 0.3) is 0 Å². The van der Waals surface area contributed by atoms with Gasteiger partial charge in [-0.25, -0.2) is 0 Å².